The third-order valence-electron chi connectivity index (χ3n) is 1.60. The zero-order valence-corrected chi connectivity index (χ0v) is 7.41. The minimum atomic E-state index is -0.299. The zero-order chi connectivity index (χ0) is 9.68. The maximum atomic E-state index is 10.5. The number of esters is 1. The van der Waals surface area contributed by atoms with Crippen molar-refractivity contribution in [3.8, 4) is 12.3 Å². The largest absolute Gasteiger partial charge is 0.461 e. The molecular formula is C11H10O2. The topological polar surface area (TPSA) is 26.3 Å². The molecule has 0 heterocycles. The lowest BCUT2D eigenvalue weighted by atomic mass is 10.1. The van der Waals surface area contributed by atoms with Crippen LogP contribution in [0, 0.1) is 12.3 Å². The smallest absolute Gasteiger partial charge is 0.302 e. The molecular weight excluding hydrogens is 164 g/mol. The van der Waals surface area contributed by atoms with Crippen LogP contribution in [0.4, 0.5) is 0 Å². The van der Waals surface area contributed by atoms with Crippen LogP contribution in [-0.2, 0) is 16.1 Å². The van der Waals surface area contributed by atoms with E-state index in [1.165, 1.54) is 6.92 Å². The van der Waals surface area contributed by atoms with E-state index < -0.39 is 0 Å². The van der Waals surface area contributed by atoms with E-state index in [0.29, 0.717) is 0 Å². The van der Waals surface area contributed by atoms with Gasteiger partial charge in [-0.25, -0.2) is 0 Å². The predicted octanol–water partition coefficient (Wildman–Crippen LogP) is 1.73. The standard InChI is InChI=1S/C11H10O2/c1-3-10-6-4-5-7-11(10)8-13-9(2)12/h1,4-7H,8H2,2H3. The van der Waals surface area contributed by atoms with Crippen molar-refractivity contribution in [3.05, 3.63) is 35.4 Å². The highest BCUT2D eigenvalue weighted by molar-refractivity contribution is 5.66. The molecule has 0 fully saturated rings. The molecule has 0 saturated heterocycles. The van der Waals surface area contributed by atoms with E-state index in [1.807, 2.05) is 24.3 Å². The molecule has 2 heteroatoms. The molecule has 0 bridgehead atoms. The maximum absolute atomic E-state index is 10.5. The van der Waals surface area contributed by atoms with Crippen molar-refractivity contribution in [2.75, 3.05) is 0 Å². The van der Waals surface area contributed by atoms with E-state index in [4.69, 9.17) is 11.2 Å². The summed E-state index contributed by atoms with van der Waals surface area (Å²) in [4.78, 5) is 10.5. The Labute approximate surface area is 77.5 Å². The van der Waals surface area contributed by atoms with Gasteiger partial charge in [-0.05, 0) is 6.07 Å². The minimum Gasteiger partial charge on any atom is -0.461 e. The number of hydrogen-bond acceptors (Lipinski definition) is 2. The van der Waals surface area contributed by atoms with E-state index >= 15 is 0 Å². The van der Waals surface area contributed by atoms with Gasteiger partial charge < -0.3 is 4.74 Å². The Bertz CT molecular complexity index is 347. The molecule has 0 aliphatic rings. The van der Waals surface area contributed by atoms with Gasteiger partial charge in [0.1, 0.15) is 6.61 Å². The van der Waals surface area contributed by atoms with Crippen LogP contribution in [-0.4, -0.2) is 5.97 Å². The van der Waals surface area contributed by atoms with Crippen molar-refractivity contribution in [1.82, 2.24) is 0 Å². The van der Waals surface area contributed by atoms with Crippen LogP contribution in [0.5, 0.6) is 0 Å². The first-order valence-electron chi connectivity index (χ1n) is 3.92. The number of benzene rings is 1. The highest BCUT2D eigenvalue weighted by Crippen LogP contribution is 2.08. The van der Waals surface area contributed by atoms with Gasteiger partial charge in [0.15, 0.2) is 0 Å². The van der Waals surface area contributed by atoms with Crippen LogP contribution >= 0.6 is 0 Å². The van der Waals surface area contributed by atoms with Crippen molar-refractivity contribution in [3.63, 3.8) is 0 Å². The Morgan fingerprint density at radius 2 is 2.23 bits per heavy atom. The molecule has 13 heavy (non-hydrogen) atoms. The van der Waals surface area contributed by atoms with Gasteiger partial charge in [0.05, 0.1) is 0 Å². The number of ether oxygens (including phenoxy) is 1. The summed E-state index contributed by atoms with van der Waals surface area (Å²) in [5.41, 5.74) is 1.63. The van der Waals surface area contributed by atoms with Crippen molar-refractivity contribution in [1.29, 1.82) is 0 Å². The second-order valence-corrected chi connectivity index (χ2v) is 2.58. The SMILES string of the molecule is C#Cc1ccccc1COC(C)=O. The first-order chi connectivity index (χ1) is 6.24. The first-order valence-corrected chi connectivity index (χ1v) is 3.92. The Morgan fingerprint density at radius 1 is 1.54 bits per heavy atom. The Hall–Kier alpha value is -1.75. The van der Waals surface area contributed by atoms with Crippen LogP contribution < -0.4 is 0 Å². The predicted molar refractivity (Wildman–Crippen MR) is 49.8 cm³/mol. The molecule has 0 amide bonds. The fourth-order valence-corrected chi connectivity index (χ4v) is 0.966. The van der Waals surface area contributed by atoms with Crippen LogP contribution in [0.2, 0.25) is 0 Å². The van der Waals surface area contributed by atoms with E-state index in [1.54, 1.807) is 0 Å². The average molecular weight is 174 g/mol. The lowest BCUT2D eigenvalue weighted by Gasteiger charge is -2.03. The summed E-state index contributed by atoms with van der Waals surface area (Å²) >= 11 is 0. The monoisotopic (exact) mass is 174 g/mol. The highest BCUT2D eigenvalue weighted by Gasteiger charge is 2.00. The summed E-state index contributed by atoms with van der Waals surface area (Å²) in [5, 5.41) is 0. The second-order valence-electron chi connectivity index (χ2n) is 2.58. The van der Waals surface area contributed by atoms with Gasteiger partial charge in [-0.3, -0.25) is 4.79 Å². The zero-order valence-electron chi connectivity index (χ0n) is 7.41. The molecule has 0 aliphatic heterocycles. The highest BCUT2D eigenvalue weighted by atomic mass is 16.5. The summed E-state index contributed by atoms with van der Waals surface area (Å²) in [7, 11) is 0. The number of carbonyl (C=O) groups is 1. The van der Waals surface area contributed by atoms with Crippen LogP contribution in [0.1, 0.15) is 18.1 Å². The number of carbonyl (C=O) groups excluding carboxylic acids is 1. The van der Waals surface area contributed by atoms with Gasteiger partial charge in [-0.15, -0.1) is 6.42 Å². The fraction of sp³-hybridized carbons (Fsp3) is 0.182. The van der Waals surface area contributed by atoms with Gasteiger partial charge >= 0.3 is 5.97 Å². The van der Waals surface area contributed by atoms with Crippen molar-refractivity contribution in [2.45, 2.75) is 13.5 Å². The molecule has 1 aromatic carbocycles. The fourth-order valence-electron chi connectivity index (χ4n) is 0.966. The number of terminal acetylenes is 1. The lowest BCUT2D eigenvalue weighted by Crippen LogP contribution is -2.00. The molecule has 0 aromatic heterocycles. The molecule has 0 unspecified atom stereocenters. The van der Waals surface area contributed by atoms with Gasteiger partial charge in [0.25, 0.3) is 0 Å². The molecule has 0 radical (unpaired) electrons. The normalized spacial score (nSPS) is 8.92. The molecule has 0 N–H and O–H groups in total. The quantitative estimate of drug-likeness (QED) is 0.504. The van der Waals surface area contributed by atoms with Crippen molar-refractivity contribution >= 4 is 5.97 Å². The van der Waals surface area contributed by atoms with Gasteiger partial charge in [-0.2, -0.15) is 0 Å². The van der Waals surface area contributed by atoms with Crippen LogP contribution in [0.15, 0.2) is 24.3 Å². The van der Waals surface area contributed by atoms with Gasteiger partial charge in [0, 0.05) is 18.1 Å². The van der Waals surface area contributed by atoms with E-state index in [2.05, 4.69) is 5.92 Å². The van der Waals surface area contributed by atoms with E-state index in [0.717, 1.165) is 11.1 Å². The molecule has 1 rings (SSSR count). The molecule has 0 saturated carbocycles. The summed E-state index contributed by atoms with van der Waals surface area (Å²) in [6, 6.07) is 7.38. The Morgan fingerprint density at radius 3 is 2.85 bits per heavy atom. The molecule has 1 aromatic rings. The lowest BCUT2D eigenvalue weighted by molar-refractivity contribution is -0.142. The average Bonchev–Trinajstić information content (AvgIpc) is 2.15. The third-order valence-corrected chi connectivity index (χ3v) is 1.60. The molecule has 2 nitrogen and oxygen atoms in total. The van der Waals surface area contributed by atoms with Gasteiger partial charge in [-0.1, -0.05) is 24.1 Å². The van der Waals surface area contributed by atoms with Gasteiger partial charge in [0.2, 0.25) is 0 Å². The number of rotatable bonds is 2. The second kappa shape index (κ2) is 4.32. The number of hydrogen-bond donors (Lipinski definition) is 0. The third kappa shape index (κ3) is 2.64. The van der Waals surface area contributed by atoms with Crippen molar-refractivity contribution < 1.29 is 9.53 Å². The summed E-state index contributed by atoms with van der Waals surface area (Å²) < 4.78 is 4.84. The summed E-state index contributed by atoms with van der Waals surface area (Å²) in [6.45, 7) is 1.62. The molecule has 66 valence electrons. The van der Waals surface area contributed by atoms with E-state index in [-0.39, 0.29) is 12.6 Å². The molecule has 0 spiro atoms. The Kier molecular flexibility index (Phi) is 3.10. The summed E-state index contributed by atoms with van der Waals surface area (Å²) in [5.74, 6) is 2.23. The maximum Gasteiger partial charge on any atom is 0.302 e. The Balaban J connectivity index is 2.77. The molecule has 0 aliphatic carbocycles. The van der Waals surface area contributed by atoms with E-state index in [9.17, 15) is 4.79 Å². The minimum absolute atomic E-state index is 0.246. The molecule has 0 atom stereocenters. The van der Waals surface area contributed by atoms with Crippen molar-refractivity contribution in [2.24, 2.45) is 0 Å². The van der Waals surface area contributed by atoms with Crippen LogP contribution in [0.25, 0.3) is 0 Å². The van der Waals surface area contributed by atoms with Crippen LogP contribution in [0.3, 0.4) is 0 Å². The first kappa shape index (κ1) is 9.34. The summed E-state index contributed by atoms with van der Waals surface area (Å²) in [6.07, 6.45) is 5.27.